The van der Waals surface area contributed by atoms with E-state index in [0.717, 1.165) is 18.2 Å². The maximum atomic E-state index is 12.5. The Morgan fingerprint density at radius 1 is 1.39 bits per heavy atom. The van der Waals surface area contributed by atoms with E-state index in [1.54, 1.807) is 6.08 Å². The molecule has 6 heteroatoms. The summed E-state index contributed by atoms with van der Waals surface area (Å²) in [4.78, 5) is 0. The van der Waals surface area contributed by atoms with E-state index in [1.807, 2.05) is 0 Å². The summed E-state index contributed by atoms with van der Waals surface area (Å²) in [5.74, 6) is -0.213. The first kappa shape index (κ1) is 16.8. The van der Waals surface area contributed by atoms with Crippen molar-refractivity contribution >= 4 is 12.4 Å². The molecule has 0 fully saturated rings. The van der Waals surface area contributed by atoms with Crippen LogP contribution < -0.4 is 5.73 Å². The highest BCUT2D eigenvalue weighted by Crippen LogP contribution is 2.34. The molecule has 2 nitrogen and oxygen atoms in total. The van der Waals surface area contributed by atoms with E-state index in [4.69, 9.17) is 5.73 Å². The first-order valence-corrected chi connectivity index (χ1v) is 5.13. The Bertz CT molecular complexity index is 407. The van der Waals surface area contributed by atoms with Crippen LogP contribution in [0.15, 0.2) is 30.9 Å². The van der Waals surface area contributed by atoms with Gasteiger partial charge in [-0.3, -0.25) is 0 Å². The van der Waals surface area contributed by atoms with Crippen molar-refractivity contribution in [2.75, 3.05) is 0 Å². The predicted octanol–water partition coefficient (Wildman–Crippen LogP) is 3.80. The van der Waals surface area contributed by atoms with Crippen LogP contribution in [0.25, 0.3) is 0 Å². The van der Waals surface area contributed by atoms with Gasteiger partial charge >= 0.3 is 6.18 Å². The Balaban J connectivity index is 0.00000289. The number of hydrogen-bond donors (Lipinski definition) is 2. The zero-order valence-electron chi connectivity index (χ0n) is 9.57. The minimum absolute atomic E-state index is 0. The quantitative estimate of drug-likeness (QED) is 0.825. The van der Waals surface area contributed by atoms with Crippen LogP contribution in [0.5, 0.6) is 5.75 Å². The molecule has 102 valence electrons. The van der Waals surface area contributed by atoms with E-state index in [0.29, 0.717) is 12.8 Å². The Morgan fingerprint density at radius 3 is 2.50 bits per heavy atom. The summed E-state index contributed by atoms with van der Waals surface area (Å²) in [6, 6.07) is 2.11. The molecule has 0 saturated carbocycles. The molecule has 0 bridgehead atoms. The second kappa shape index (κ2) is 6.66. The molecule has 1 rings (SSSR count). The summed E-state index contributed by atoms with van der Waals surface area (Å²) < 4.78 is 37.4. The topological polar surface area (TPSA) is 46.2 Å². The highest BCUT2D eigenvalue weighted by atomic mass is 35.5. The number of aromatic hydroxyl groups is 1. The van der Waals surface area contributed by atoms with Gasteiger partial charge in [0, 0.05) is 11.6 Å². The lowest BCUT2D eigenvalue weighted by Crippen LogP contribution is -2.12. The van der Waals surface area contributed by atoms with Crippen molar-refractivity contribution < 1.29 is 18.3 Å². The molecule has 0 aliphatic heterocycles. The van der Waals surface area contributed by atoms with Crippen molar-refractivity contribution in [2.45, 2.75) is 25.1 Å². The number of alkyl halides is 3. The molecule has 0 aliphatic rings. The average molecular weight is 282 g/mol. The normalized spacial score (nSPS) is 12.7. The van der Waals surface area contributed by atoms with E-state index < -0.39 is 17.8 Å². The van der Waals surface area contributed by atoms with Crippen LogP contribution in [0.3, 0.4) is 0 Å². The van der Waals surface area contributed by atoms with E-state index in [2.05, 4.69) is 6.58 Å². The van der Waals surface area contributed by atoms with Gasteiger partial charge in [0.2, 0.25) is 0 Å². The van der Waals surface area contributed by atoms with Crippen LogP contribution in [0.2, 0.25) is 0 Å². The summed E-state index contributed by atoms with van der Waals surface area (Å²) in [7, 11) is 0. The number of halogens is 4. The van der Waals surface area contributed by atoms with Gasteiger partial charge in [0.15, 0.2) is 0 Å². The zero-order chi connectivity index (χ0) is 13.1. The highest BCUT2D eigenvalue weighted by molar-refractivity contribution is 5.85. The number of allylic oxidation sites excluding steroid dienone is 1. The number of hydrogen-bond acceptors (Lipinski definition) is 2. The Labute approximate surface area is 110 Å². The number of benzene rings is 1. The molecule has 0 radical (unpaired) electrons. The Morgan fingerprint density at radius 2 is 2.00 bits per heavy atom. The summed E-state index contributed by atoms with van der Waals surface area (Å²) >= 11 is 0. The van der Waals surface area contributed by atoms with Gasteiger partial charge in [0.1, 0.15) is 5.75 Å². The largest absolute Gasteiger partial charge is 0.508 e. The van der Waals surface area contributed by atoms with Crippen LogP contribution >= 0.6 is 12.4 Å². The standard InChI is InChI=1S/C12H14F3NO.ClH/c1-2-3-4-10(16)9-7-8(12(13,14)15)5-6-11(9)17;/h2,5-7,10,17H,1,3-4,16H2;1H/t10-;/m0./s1. The molecular weight excluding hydrogens is 267 g/mol. The van der Waals surface area contributed by atoms with Gasteiger partial charge < -0.3 is 10.8 Å². The second-order valence-corrected chi connectivity index (χ2v) is 3.74. The molecule has 3 N–H and O–H groups in total. The predicted molar refractivity (Wildman–Crippen MR) is 66.7 cm³/mol. The van der Waals surface area contributed by atoms with Crippen LogP contribution in [0, 0.1) is 0 Å². The van der Waals surface area contributed by atoms with Gasteiger partial charge in [-0.05, 0) is 31.0 Å². The van der Waals surface area contributed by atoms with Crippen LogP contribution in [0.1, 0.15) is 30.0 Å². The second-order valence-electron chi connectivity index (χ2n) is 3.74. The van der Waals surface area contributed by atoms with Crippen molar-refractivity contribution in [1.82, 2.24) is 0 Å². The fourth-order valence-electron chi connectivity index (χ4n) is 1.48. The lowest BCUT2D eigenvalue weighted by molar-refractivity contribution is -0.137. The minimum atomic E-state index is -4.43. The molecule has 1 atom stereocenters. The number of phenolic OH excluding ortho intramolecular Hbond substituents is 1. The lowest BCUT2D eigenvalue weighted by atomic mass is 9.99. The van der Waals surface area contributed by atoms with Gasteiger partial charge in [-0.25, -0.2) is 0 Å². The van der Waals surface area contributed by atoms with Crippen molar-refractivity contribution in [3.8, 4) is 5.75 Å². The first-order valence-electron chi connectivity index (χ1n) is 5.13. The van der Waals surface area contributed by atoms with E-state index in [-0.39, 0.29) is 23.7 Å². The Kier molecular flexibility index (Phi) is 6.21. The molecule has 0 spiro atoms. The molecule has 0 aliphatic carbocycles. The lowest BCUT2D eigenvalue weighted by Gasteiger charge is -2.15. The zero-order valence-corrected chi connectivity index (χ0v) is 10.4. The molecule has 0 aromatic heterocycles. The van der Waals surface area contributed by atoms with E-state index in [1.165, 1.54) is 0 Å². The number of phenols is 1. The molecule has 1 aromatic rings. The van der Waals surface area contributed by atoms with Crippen LogP contribution in [0.4, 0.5) is 13.2 Å². The van der Waals surface area contributed by atoms with Crippen LogP contribution in [-0.4, -0.2) is 5.11 Å². The monoisotopic (exact) mass is 281 g/mol. The molecule has 1 aromatic carbocycles. The smallest absolute Gasteiger partial charge is 0.416 e. The maximum absolute atomic E-state index is 12.5. The van der Waals surface area contributed by atoms with E-state index in [9.17, 15) is 18.3 Å². The highest BCUT2D eigenvalue weighted by Gasteiger charge is 2.31. The number of rotatable bonds is 4. The Hall–Kier alpha value is -1.20. The molecule has 0 unspecified atom stereocenters. The third-order valence-electron chi connectivity index (χ3n) is 2.44. The van der Waals surface area contributed by atoms with Crippen molar-refractivity contribution in [3.63, 3.8) is 0 Å². The van der Waals surface area contributed by atoms with Gasteiger partial charge in [-0.1, -0.05) is 6.08 Å². The van der Waals surface area contributed by atoms with Gasteiger partial charge in [0.05, 0.1) is 5.56 Å². The third-order valence-corrected chi connectivity index (χ3v) is 2.44. The molecule has 0 saturated heterocycles. The molecule has 18 heavy (non-hydrogen) atoms. The third kappa shape index (κ3) is 4.23. The van der Waals surface area contributed by atoms with E-state index >= 15 is 0 Å². The summed E-state index contributed by atoms with van der Waals surface area (Å²) in [5, 5.41) is 9.50. The summed E-state index contributed by atoms with van der Waals surface area (Å²) in [5.41, 5.74) is 5.03. The van der Waals surface area contributed by atoms with Gasteiger partial charge in [-0.15, -0.1) is 19.0 Å². The minimum Gasteiger partial charge on any atom is -0.508 e. The molecule has 0 amide bonds. The average Bonchev–Trinajstić information content (AvgIpc) is 2.24. The SMILES string of the molecule is C=CCC[C@H](N)c1cc(C(F)(F)F)ccc1O.Cl. The number of nitrogens with two attached hydrogens (primary N) is 1. The van der Waals surface area contributed by atoms with Crippen molar-refractivity contribution in [2.24, 2.45) is 5.73 Å². The molecular formula is C12H15ClF3NO. The first-order chi connectivity index (χ1) is 7.86. The van der Waals surface area contributed by atoms with Crippen molar-refractivity contribution in [1.29, 1.82) is 0 Å². The fraction of sp³-hybridized carbons (Fsp3) is 0.333. The molecule has 0 heterocycles. The summed E-state index contributed by atoms with van der Waals surface area (Å²) in [6.07, 6.45) is -1.78. The maximum Gasteiger partial charge on any atom is 0.416 e. The summed E-state index contributed by atoms with van der Waals surface area (Å²) in [6.45, 7) is 3.51. The fourth-order valence-corrected chi connectivity index (χ4v) is 1.48. The van der Waals surface area contributed by atoms with Gasteiger partial charge in [0.25, 0.3) is 0 Å². The van der Waals surface area contributed by atoms with Crippen LogP contribution in [-0.2, 0) is 6.18 Å². The van der Waals surface area contributed by atoms with Gasteiger partial charge in [-0.2, -0.15) is 13.2 Å². The van der Waals surface area contributed by atoms with Crippen molar-refractivity contribution in [3.05, 3.63) is 42.0 Å².